The third kappa shape index (κ3) is 6.89. The lowest BCUT2D eigenvalue weighted by Gasteiger charge is -2.19. The van der Waals surface area contributed by atoms with Crippen molar-refractivity contribution in [3.63, 3.8) is 0 Å². The van der Waals surface area contributed by atoms with Crippen molar-refractivity contribution in [3.8, 4) is 5.75 Å². The zero-order chi connectivity index (χ0) is 24.7. The van der Waals surface area contributed by atoms with Gasteiger partial charge in [0.2, 0.25) is 0 Å². The molecule has 0 unspecified atom stereocenters. The standard InChI is InChI=1S/C27H29N3O3S/c1-5-33-23-8-6-7-19(17-23)25(32)30-26(34)29-22-15-13-21(14-16-22)28-24(31)18-9-11-20(12-10-18)27(2,3)4/h6-17H,5H2,1-4H3,(H,28,31)(H2,29,30,32,34). The van der Waals surface area contributed by atoms with Crippen LogP contribution in [0.4, 0.5) is 11.4 Å². The van der Waals surface area contributed by atoms with Gasteiger partial charge in [-0.15, -0.1) is 0 Å². The fourth-order valence-corrected chi connectivity index (χ4v) is 3.40. The van der Waals surface area contributed by atoms with Crippen molar-refractivity contribution in [3.05, 3.63) is 89.5 Å². The molecular formula is C27H29N3O3S. The van der Waals surface area contributed by atoms with Crippen molar-refractivity contribution in [1.82, 2.24) is 5.32 Å². The fraction of sp³-hybridized carbons (Fsp3) is 0.222. The number of hydrogen-bond donors (Lipinski definition) is 3. The highest BCUT2D eigenvalue weighted by Gasteiger charge is 2.14. The minimum atomic E-state index is -0.333. The maximum absolute atomic E-state index is 12.6. The van der Waals surface area contributed by atoms with Gasteiger partial charge in [-0.25, -0.2) is 0 Å². The fourth-order valence-electron chi connectivity index (χ4n) is 3.19. The third-order valence-corrected chi connectivity index (χ3v) is 5.25. The van der Waals surface area contributed by atoms with E-state index in [1.165, 1.54) is 5.56 Å². The maximum Gasteiger partial charge on any atom is 0.257 e. The third-order valence-electron chi connectivity index (χ3n) is 5.05. The van der Waals surface area contributed by atoms with Crippen molar-refractivity contribution in [2.45, 2.75) is 33.1 Å². The number of nitrogens with one attached hydrogen (secondary N) is 3. The first-order chi connectivity index (χ1) is 16.2. The molecule has 2 amide bonds. The number of carbonyl (C=O) groups excluding carboxylic acids is 2. The number of ether oxygens (including phenoxy) is 1. The lowest BCUT2D eigenvalue weighted by molar-refractivity contribution is 0.0976. The number of benzene rings is 3. The summed E-state index contributed by atoms with van der Waals surface area (Å²) in [6.45, 7) is 8.80. The van der Waals surface area contributed by atoms with E-state index in [0.717, 1.165) is 0 Å². The number of thiocarbonyl (C=S) groups is 1. The lowest BCUT2D eigenvalue weighted by atomic mass is 9.87. The molecule has 0 saturated heterocycles. The minimum Gasteiger partial charge on any atom is -0.494 e. The molecule has 0 bridgehead atoms. The van der Waals surface area contributed by atoms with E-state index in [9.17, 15) is 9.59 Å². The Morgan fingerprint density at radius 1 is 0.824 bits per heavy atom. The molecular weight excluding hydrogens is 446 g/mol. The molecule has 7 heteroatoms. The molecule has 0 aliphatic carbocycles. The largest absolute Gasteiger partial charge is 0.494 e. The topological polar surface area (TPSA) is 79.5 Å². The molecule has 3 aromatic carbocycles. The first-order valence-electron chi connectivity index (χ1n) is 11.0. The highest BCUT2D eigenvalue weighted by molar-refractivity contribution is 7.80. The molecule has 3 aromatic rings. The summed E-state index contributed by atoms with van der Waals surface area (Å²) in [5.74, 6) is 0.107. The summed E-state index contributed by atoms with van der Waals surface area (Å²) in [4.78, 5) is 25.0. The highest BCUT2D eigenvalue weighted by Crippen LogP contribution is 2.22. The molecule has 0 aromatic heterocycles. The van der Waals surface area contributed by atoms with Crippen molar-refractivity contribution in [2.75, 3.05) is 17.2 Å². The van der Waals surface area contributed by atoms with Crippen LogP contribution in [0.1, 0.15) is 54.0 Å². The van der Waals surface area contributed by atoms with Gasteiger partial charge < -0.3 is 15.4 Å². The summed E-state index contributed by atoms with van der Waals surface area (Å²) in [5.41, 5.74) is 3.57. The summed E-state index contributed by atoms with van der Waals surface area (Å²) in [6, 6.07) is 21.6. The second kappa shape index (κ2) is 10.9. The Morgan fingerprint density at radius 3 is 2.03 bits per heavy atom. The van der Waals surface area contributed by atoms with E-state index < -0.39 is 0 Å². The number of amides is 2. The molecule has 0 aliphatic rings. The monoisotopic (exact) mass is 475 g/mol. The molecule has 0 atom stereocenters. The van der Waals surface area contributed by atoms with Crippen LogP contribution in [0.25, 0.3) is 0 Å². The predicted octanol–water partition coefficient (Wildman–Crippen LogP) is 5.76. The van der Waals surface area contributed by atoms with Gasteiger partial charge in [0.05, 0.1) is 6.61 Å². The zero-order valence-corrected chi connectivity index (χ0v) is 20.6. The number of rotatable bonds is 6. The lowest BCUT2D eigenvalue weighted by Crippen LogP contribution is -2.34. The molecule has 0 aliphatic heterocycles. The number of hydrogen-bond acceptors (Lipinski definition) is 4. The van der Waals surface area contributed by atoms with Gasteiger partial charge in [0.1, 0.15) is 5.75 Å². The van der Waals surface area contributed by atoms with Gasteiger partial charge in [0, 0.05) is 22.5 Å². The molecule has 176 valence electrons. The molecule has 3 N–H and O–H groups in total. The van der Waals surface area contributed by atoms with E-state index in [4.69, 9.17) is 17.0 Å². The smallest absolute Gasteiger partial charge is 0.257 e. The second-order valence-corrected chi connectivity index (χ2v) is 9.14. The van der Waals surface area contributed by atoms with Crippen molar-refractivity contribution in [2.24, 2.45) is 0 Å². The molecule has 0 heterocycles. The Kier molecular flexibility index (Phi) is 8.02. The van der Waals surface area contributed by atoms with Crippen LogP contribution in [-0.4, -0.2) is 23.5 Å². The number of anilines is 2. The molecule has 6 nitrogen and oxygen atoms in total. The number of carbonyl (C=O) groups is 2. The first kappa shape index (κ1) is 24.9. The van der Waals surface area contributed by atoms with Gasteiger partial charge in [-0.3, -0.25) is 14.9 Å². The Morgan fingerprint density at radius 2 is 1.44 bits per heavy atom. The van der Waals surface area contributed by atoms with Crippen LogP contribution in [0.2, 0.25) is 0 Å². The van der Waals surface area contributed by atoms with E-state index in [1.54, 1.807) is 48.5 Å². The Bertz CT molecular complexity index is 1170. The van der Waals surface area contributed by atoms with Crippen LogP contribution < -0.4 is 20.7 Å². The average molecular weight is 476 g/mol. The summed E-state index contributed by atoms with van der Waals surface area (Å²) in [6.07, 6.45) is 0. The van der Waals surface area contributed by atoms with Gasteiger partial charge >= 0.3 is 0 Å². The van der Waals surface area contributed by atoms with Crippen molar-refractivity contribution < 1.29 is 14.3 Å². The molecule has 0 spiro atoms. The van der Waals surface area contributed by atoms with Gasteiger partial charge in [-0.2, -0.15) is 0 Å². The van der Waals surface area contributed by atoms with E-state index in [1.807, 2.05) is 31.2 Å². The van der Waals surface area contributed by atoms with Gasteiger partial charge in [-0.1, -0.05) is 39.0 Å². The predicted molar refractivity (Wildman–Crippen MR) is 141 cm³/mol. The van der Waals surface area contributed by atoms with Gasteiger partial charge in [-0.05, 0) is 84.7 Å². The van der Waals surface area contributed by atoms with E-state index >= 15 is 0 Å². The van der Waals surface area contributed by atoms with Crippen LogP contribution in [0, 0.1) is 0 Å². The van der Waals surface area contributed by atoms with E-state index in [2.05, 4.69) is 36.7 Å². The minimum absolute atomic E-state index is 0.0331. The van der Waals surface area contributed by atoms with Gasteiger partial charge in [0.25, 0.3) is 11.8 Å². The normalized spacial score (nSPS) is 10.8. The Balaban J connectivity index is 1.55. The van der Waals surface area contributed by atoms with Crippen LogP contribution in [0.5, 0.6) is 5.75 Å². The second-order valence-electron chi connectivity index (χ2n) is 8.73. The van der Waals surface area contributed by atoms with Gasteiger partial charge in [0.15, 0.2) is 5.11 Å². The molecule has 0 saturated carbocycles. The molecule has 0 radical (unpaired) electrons. The summed E-state index contributed by atoms with van der Waals surface area (Å²) >= 11 is 5.26. The molecule has 3 rings (SSSR count). The first-order valence-corrected chi connectivity index (χ1v) is 11.4. The molecule has 34 heavy (non-hydrogen) atoms. The quantitative estimate of drug-likeness (QED) is 0.395. The van der Waals surface area contributed by atoms with E-state index in [-0.39, 0.29) is 22.3 Å². The van der Waals surface area contributed by atoms with Crippen LogP contribution in [0.3, 0.4) is 0 Å². The highest BCUT2D eigenvalue weighted by atomic mass is 32.1. The van der Waals surface area contributed by atoms with Crippen LogP contribution in [-0.2, 0) is 5.41 Å². The summed E-state index contributed by atoms with van der Waals surface area (Å²) in [7, 11) is 0. The molecule has 0 fully saturated rings. The van der Waals surface area contributed by atoms with Crippen molar-refractivity contribution in [1.29, 1.82) is 0 Å². The van der Waals surface area contributed by atoms with E-state index in [0.29, 0.717) is 34.9 Å². The SMILES string of the molecule is CCOc1cccc(C(=O)NC(=S)Nc2ccc(NC(=O)c3ccc(C(C)(C)C)cc3)cc2)c1. The van der Waals surface area contributed by atoms with Crippen LogP contribution in [0.15, 0.2) is 72.8 Å². The zero-order valence-electron chi connectivity index (χ0n) is 19.8. The maximum atomic E-state index is 12.6. The summed E-state index contributed by atoms with van der Waals surface area (Å²) < 4.78 is 5.42. The summed E-state index contributed by atoms with van der Waals surface area (Å²) in [5, 5.41) is 8.68. The van der Waals surface area contributed by atoms with Crippen LogP contribution >= 0.6 is 12.2 Å². The Labute approximate surface area is 205 Å². The average Bonchev–Trinajstić information content (AvgIpc) is 2.80. The Hall–Kier alpha value is -3.71. The van der Waals surface area contributed by atoms with Crippen molar-refractivity contribution >= 4 is 40.5 Å².